The largest absolute Gasteiger partial charge is 0.308 e. The van der Waals surface area contributed by atoms with E-state index in [-0.39, 0.29) is 0 Å². The smallest absolute Gasteiger partial charge is 0.121 e. The molecule has 1 aromatic heterocycles. The first-order valence-corrected chi connectivity index (χ1v) is 13.1. The summed E-state index contributed by atoms with van der Waals surface area (Å²) in [4.78, 5) is 6.67. The summed E-state index contributed by atoms with van der Waals surface area (Å²) in [6.45, 7) is 0. The van der Waals surface area contributed by atoms with Gasteiger partial charge in [0.2, 0.25) is 0 Å². The van der Waals surface area contributed by atoms with Crippen LogP contribution in [0.25, 0.3) is 38.3 Å². The summed E-state index contributed by atoms with van der Waals surface area (Å²) in [7, 11) is 0. The van der Waals surface area contributed by atoms with Crippen LogP contribution in [0.2, 0.25) is 0 Å². The van der Waals surface area contributed by atoms with Gasteiger partial charge in [0.05, 0.1) is 22.7 Å². The molecule has 0 unspecified atom stereocenters. The highest BCUT2D eigenvalue weighted by Gasteiger charge is 2.26. The van der Waals surface area contributed by atoms with Crippen molar-refractivity contribution in [3.8, 4) is 5.69 Å². The van der Waals surface area contributed by atoms with Gasteiger partial charge >= 0.3 is 0 Å². The molecule has 0 bridgehead atoms. The summed E-state index contributed by atoms with van der Waals surface area (Å²) in [5, 5.41) is 14.4. The van der Waals surface area contributed by atoms with Crippen molar-refractivity contribution in [2.24, 2.45) is 0 Å². The second-order valence-electron chi connectivity index (χ2n) is 9.17. The monoisotopic (exact) mass is 492 g/mol. The quantitative estimate of drug-likeness (QED) is 0.242. The standard InChI is InChI=1S/C32H20N4S/c1-2-10-22-21(9-1)17-18-25-32(22)34-36(33-25)27-20-19-26(23-11-3-4-12-24(23)27)35-28-13-5-7-15-30(28)37-31-16-8-6-14-29(31)35/h1-20H. The van der Waals surface area contributed by atoms with Crippen LogP contribution in [0.4, 0.5) is 17.1 Å². The minimum Gasteiger partial charge on any atom is -0.308 e. The molecule has 37 heavy (non-hydrogen) atoms. The zero-order valence-electron chi connectivity index (χ0n) is 19.7. The van der Waals surface area contributed by atoms with Crippen LogP contribution in [-0.4, -0.2) is 15.0 Å². The Morgan fingerprint density at radius 3 is 1.81 bits per heavy atom. The molecule has 0 amide bonds. The number of hydrogen-bond donors (Lipinski definition) is 0. The molecule has 5 heteroatoms. The van der Waals surface area contributed by atoms with Crippen LogP contribution >= 0.6 is 11.8 Å². The SMILES string of the molecule is c1ccc2c(c1)Sc1ccccc1N2c1ccc(-n2nc3ccc4ccccc4c3n2)c2ccccc12. The van der Waals surface area contributed by atoms with Crippen molar-refractivity contribution in [3.05, 3.63) is 121 Å². The minimum absolute atomic E-state index is 0.891. The normalized spacial score (nSPS) is 12.7. The molecule has 4 nitrogen and oxygen atoms in total. The van der Waals surface area contributed by atoms with E-state index in [1.165, 1.54) is 26.6 Å². The lowest BCUT2D eigenvalue weighted by Gasteiger charge is -2.33. The lowest BCUT2D eigenvalue weighted by molar-refractivity contribution is 0.772. The summed E-state index contributed by atoms with van der Waals surface area (Å²) < 4.78 is 0. The molecule has 0 aliphatic carbocycles. The van der Waals surface area contributed by atoms with Gasteiger partial charge in [-0.25, -0.2) is 0 Å². The highest BCUT2D eigenvalue weighted by molar-refractivity contribution is 7.99. The highest BCUT2D eigenvalue weighted by Crippen LogP contribution is 2.52. The van der Waals surface area contributed by atoms with Gasteiger partial charge in [-0.1, -0.05) is 90.6 Å². The van der Waals surface area contributed by atoms with E-state index in [0.29, 0.717) is 0 Å². The predicted molar refractivity (Wildman–Crippen MR) is 153 cm³/mol. The van der Waals surface area contributed by atoms with Crippen molar-refractivity contribution < 1.29 is 0 Å². The molecule has 8 rings (SSSR count). The van der Waals surface area contributed by atoms with E-state index < -0.39 is 0 Å². The van der Waals surface area contributed by atoms with E-state index in [1.807, 2.05) is 11.8 Å². The Kier molecular flexibility index (Phi) is 4.42. The Balaban J connectivity index is 1.37. The van der Waals surface area contributed by atoms with E-state index in [2.05, 4.69) is 126 Å². The molecule has 0 saturated carbocycles. The number of hydrogen-bond acceptors (Lipinski definition) is 4. The van der Waals surface area contributed by atoms with Crippen LogP contribution in [0.5, 0.6) is 0 Å². The van der Waals surface area contributed by atoms with Gasteiger partial charge in [0, 0.05) is 25.9 Å². The van der Waals surface area contributed by atoms with Crippen LogP contribution in [-0.2, 0) is 0 Å². The number of anilines is 3. The van der Waals surface area contributed by atoms with E-state index >= 15 is 0 Å². The number of nitrogens with zero attached hydrogens (tertiary/aromatic N) is 4. The van der Waals surface area contributed by atoms with Crippen LogP contribution < -0.4 is 4.90 Å². The summed E-state index contributed by atoms with van der Waals surface area (Å²) in [5.74, 6) is 0. The van der Waals surface area contributed by atoms with Gasteiger partial charge in [-0.2, -0.15) is 0 Å². The zero-order chi connectivity index (χ0) is 24.3. The molecule has 0 radical (unpaired) electrons. The first-order chi connectivity index (χ1) is 18.3. The van der Waals surface area contributed by atoms with Crippen LogP contribution in [0.15, 0.2) is 131 Å². The number of para-hydroxylation sites is 2. The van der Waals surface area contributed by atoms with E-state index in [1.54, 1.807) is 4.80 Å². The maximum atomic E-state index is 4.96. The Labute approximate surface area is 217 Å². The second kappa shape index (κ2) is 7.95. The average molecular weight is 493 g/mol. The van der Waals surface area contributed by atoms with Gasteiger partial charge in [-0.15, -0.1) is 15.0 Å². The molecule has 0 spiro atoms. The van der Waals surface area contributed by atoms with Crippen molar-refractivity contribution in [3.63, 3.8) is 0 Å². The maximum absolute atomic E-state index is 4.96. The summed E-state index contributed by atoms with van der Waals surface area (Å²) in [6.07, 6.45) is 0. The molecule has 6 aromatic carbocycles. The number of rotatable bonds is 2. The highest BCUT2D eigenvalue weighted by atomic mass is 32.2. The third kappa shape index (κ3) is 3.11. The lowest BCUT2D eigenvalue weighted by atomic mass is 10.0. The van der Waals surface area contributed by atoms with E-state index in [0.717, 1.165) is 38.6 Å². The van der Waals surface area contributed by atoms with Crippen molar-refractivity contribution in [2.45, 2.75) is 9.79 Å². The number of fused-ring (bicyclic) bond motifs is 6. The fourth-order valence-corrected chi connectivity index (χ4v) is 6.42. The van der Waals surface area contributed by atoms with E-state index in [4.69, 9.17) is 10.2 Å². The average Bonchev–Trinajstić information content (AvgIpc) is 3.40. The Morgan fingerprint density at radius 1 is 0.459 bits per heavy atom. The van der Waals surface area contributed by atoms with E-state index in [9.17, 15) is 0 Å². The van der Waals surface area contributed by atoms with Crippen molar-refractivity contribution in [2.75, 3.05) is 4.90 Å². The Hall–Kier alpha value is -4.61. The second-order valence-corrected chi connectivity index (χ2v) is 10.2. The molecule has 1 aliphatic heterocycles. The molecule has 0 saturated heterocycles. The molecule has 2 heterocycles. The maximum Gasteiger partial charge on any atom is 0.121 e. The van der Waals surface area contributed by atoms with Crippen LogP contribution in [0.1, 0.15) is 0 Å². The molecule has 1 aliphatic rings. The van der Waals surface area contributed by atoms with Crippen LogP contribution in [0.3, 0.4) is 0 Å². The molecular weight excluding hydrogens is 472 g/mol. The van der Waals surface area contributed by atoms with Gasteiger partial charge in [0.15, 0.2) is 0 Å². The third-order valence-electron chi connectivity index (χ3n) is 7.04. The Morgan fingerprint density at radius 2 is 1.05 bits per heavy atom. The molecular formula is C32H20N4S. The predicted octanol–water partition coefficient (Wildman–Crippen LogP) is 8.66. The van der Waals surface area contributed by atoms with Gasteiger partial charge in [-0.05, 0) is 47.9 Å². The van der Waals surface area contributed by atoms with Crippen molar-refractivity contribution in [1.29, 1.82) is 0 Å². The molecule has 0 N–H and O–H groups in total. The number of aromatic nitrogens is 3. The molecule has 0 atom stereocenters. The summed E-state index contributed by atoms with van der Waals surface area (Å²) >= 11 is 1.82. The zero-order valence-corrected chi connectivity index (χ0v) is 20.6. The molecule has 7 aromatic rings. The van der Waals surface area contributed by atoms with Gasteiger partial charge in [-0.3, -0.25) is 0 Å². The number of benzene rings is 6. The third-order valence-corrected chi connectivity index (χ3v) is 8.17. The van der Waals surface area contributed by atoms with Crippen LogP contribution in [0, 0.1) is 0 Å². The topological polar surface area (TPSA) is 34.0 Å². The van der Waals surface area contributed by atoms with Crippen molar-refractivity contribution in [1.82, 2.24) is 15.0 Å². The first kappa shape index (κ1) is 20.6. The lowest BCUT2D eigenvalue weighted by Crippen LogP contribution is -2.15. The molecule has 174 valence electrons. The van der Waals surface area contributed by atoms with Crippen molar-refractivity contribution >= 4 is 61.4 Å². The van der Waals surface area contributed by atoms with Gasteiger partial charge in [0.25, 0.3) is 0 Å². The fourth-order valence-electron chi connectivity index (χ4n) is 5.36. The first-order valence-electron chi connectivity index (χ1n) is 12.3. The Bertz CT molecular complexity index is 1950. The van der Waals surface area contributed by atoms with Gasteiger partial charge in [0.1, 0.15) is 11.0 Å². The fraction of sp³-hybridized carbons (Fsp3) is 0. The minimum atomic E-state index is 0.891. The summed E-state index contributed by atoms with van der Waals surface area (Å²) in [5.41, 5.74) is 6.30. The molecule has 0 fully saturated rings. The van der Waals surface area contributed by atoms with Gasteiger partial charge < -0.3 is 4.90 Å². The summed E-state index contributed by atoms with van der Waals surface area (Å²) in [6, 6.07) is 42.6.